The van der Waals surface area contributed by atoms with Gasteiger partial charge in [0.1, 0.15) is 6.42 Å². The molecule has 1 heterocycles. The zero-order chi connectivity index (χ0) is 19.9. The second-order valence-electron chi connectivity index (χ2n) is 6.55. The number of esters is 1. The van der Waals surface area contributed by atoms with Crippen LogP contribution in [0.2, 0.25) is 0 Å². The van der Waals surface area contributed by atoms with Crippen molar-refractivity contribution in [3.8, 4) is 0 Å². The number of para-hydroxylation sites is 1. The third-order valence-electron chi connectivity index (χ3n) is 4.55. The van der Waals surface area contributed by atoms with Gasteiger partial charge >= 0.3 is 5.97 Å². The van der Waals surface area contributed by atoms with E-state index < -0.39 is 17.8 Å². The molecule has 1 fully saturated rings. The Hall–Kier alpha value is -3.35. The maximum Gasteiger partial charge on any atom is 0.339 e. The first-order valence-electron chi connectivity index (χ1n) is 9.19. The normalized spacial score (nSPS) is 13.1. The second-order valence-corrected chi connectivity index (χ2v) is 6.55. The van der Waals surface area contributed by atoms with Gasteiger partial charge in [-0.3, -0.25) is 9.59 Å². The molecular formula is C21H23N3O4. The van der Waals surface area contributed by atoms with E-state index in [0.29, 0.717) is 11.4 Å². The maximum atomic E-state index is 12.2. The van der Waals surface area contributed by atoms with Crippen LogP contribution in [-0.4, -0.2) is 38.0 Å². The van der Waals surface area contributed by atoms with E-state index in [9.17, 15) is 14.4 Å². The summed E-state index contributed by atoms with van der Waals surface area (Å²) < 4.78 is 4.69. The summed E-state index contributed by atoms with van der Waals surface area (Å²) in [5.41, 5.74) is 2.31. The molecule has 0 aliphatic carbocycles. The SMILES string of the molecule is COC(=O)c1ccccc1NC(=O)CC(=O)Nc1ccc(N2CCCC2)cc1. The molecule has 0 aromatic heterocycles. The van der Waals surface area contributed by atoms with E-state index in [0.717, 1.165) is 18.8 Å². The topological polar surface area (TPSA) is 87.7 Å². The molecular weight excluding hydrogens is 358 g/mol. The summed E-state index contributed by atoms with van der Waals surface area (Å²) in [6.07, 6.45) is 2.04. The Bertz CT molecular complexity index is 858. The van der Waals surface area contributed by atoms with Crippen LogP contribution in [0.4, 0.5) is 17.1 Å². The van der Waals surface area contributed by atoms with Gasteiger partial charge in [-0.05, 0) is 49.2 Å². The smallest absolute Gasteiger partial charge is 0.339 e. The van der Waals surface area contributed by atoms with Crippen LogP contribution >= 0.6 is 0 Å². The Kier molecular flexibility index (Phi) is 6.26. The van der Waals surface area contributed by atoms with E-state index in [2.05, 4.69) is 15.5 Å². The van der Waals surface area contributed by atoms with Crippen molar-refractivity contribution in [2.75, 3.05) is 35.7 Å². The van der Waals surface area contributed by atoms with Crippen molar-refractivity contribution in [3.05, 3.63) is 54.1 Å². The lowest BCUT2D eigenvalue weighted by atomic mass is 10.1. The molecule has 7 heteroatoms. The van der Waals surface area contributed by atoms with Gasteiger partial charge in [0.15, 0.2) is 0 Å². The van der Waals surface area contributed by atoms with Crippen LogP contribution in [0, 0.1) is 0 Å². The number of rotatable bonds is 6. The highest BCUT2D eigenvalue weighted by Crippen LogP contribution is 2.22. The summed E-state index contributed by atoms with van der Waals surface area (Å²) in [6, 6.07) is 14.1. The Morgan fingerprint density at radius 2 is 1.57 bits per heavy atom. The van der Waals surface area contributed by atoms with Crippen LogP contribution in [0.25, 0.3) is 0 Å². The zero-order valence-electron chi connectivity index (χ0n) is 15.7. The molecule has 3 rings (SSSR count). The maximum absolute atomic E-state index is 12.2. The summed E-state index contributed by atoms with van der Waals surface area (Å²) >= 11 is 0. The summed E-state index contributed by atoms with van der Waals surface area (Å²) in [4.78, 5) is 38.4. The lowest BCUT2D eigenvalue weighted by molar-refractivity contribution is -0.123. The van der Waals surface area contributed by atoms with Crippen molar-refractivity contribution in [2.24, 2.45) is 0 Å². The first-order valence-corrected chi connectivity index (χ1v) is 9.19. The van der Waals surface area contributed by atoms with Crippen molar-refractivity contribution >= 4 is 34.8 Å². The van der Waals surface area contributed by atoms with Crippen LogP contribution in [-0.2, 0) is 14.3 Å². The van der Waals surface area contributed by atoms with Gasteiger partial charge in [0, 0.05) is 24.5 Å². The number of hydrogen-bond acceptors (Lipinski definition) is 5. The monoisotopic (exact) mass is 381 g/mol. The van der Waals surface area contributed by atoms with Crippen molar-refractivity contribution in [3.63, 3.8) is 0 Å². The van der Waals surface area contributed by atoms with Gasteiger partial charge < -0.3 is 20.3 Å². The number of ether oxygens (including phenoxy) is 1. The second kappa shape index (κ2) is 9.03. The number of amides is 2. The van der Waals surface area contributed by atoms with Crippen LogP contribution in [0.1, 0.15) is 29.6 Å². The molecule has 0 radical (unpaired) electrons. The van der Waals surface area contributed by atoms with E-state index in [1.165, 1.54) is 20.0 Å². The molecule has 1 saturated heterocycles. The number of nitrogens with one attached hydrogen (secondary N) is 2. The van der Waals surface area contributed by atoms with Crippen molar-refractivity contribution < 1.29 is 19.1 Å². The first kappa shape index (κ1) is 19.4. The Morgan fingerprint density at radius 1 is 0.929 bits per heavy atom. The van der Waals surface area contributed by atoms with Gasteiger partial charge in [-0.15, -0.1) is 0 Å². The van der Waals surface area contributed by atoms with Gasteiger partial charge in [-0.25, -0.2) is 4.79 Å². The molecule has 2 aromatic carbocycles. The molecule has 146 valence electrons. The fourth-order valence-electron chi connectivity index (χ4n) is 3.16. The molecule has 0 spiro atoms. The van der Waals surface area contributed by atoms with E-state index in [1.807, 2.05) is 24.3 Å². The fourth-order valence-corrected chi connectivity index (χ4v) is 3.16. The minimum atomic E-state index is -0.557. The molecule has 1 aliphatic heterocycles. The van der Waals surface area contributed by atoms with E-state index in [1.54, 1.807) is 24.3 Å². The van der Waals surface area contributed by atoms with Crippen LogP contribution < -0.4 is 15.5 Å². The van der Waals surface area contributed by atoms with Gasteiger partial charge in [0.25, 0.3) is 0 Å². The quantitative estimate of drug-likeness (QED) is 0.593. The molecule has 0 atom stereocenters. The lowest BCUT2D eigenvalue weighted by Gasteiger charge is -2.17. The lowest BCUT2D eigenvalue weighted by Crippen LogP contribution is -2.22. The van der Waals surface area contributed by atoms with Crippen molar-refractivity contribution in [1.29, 1.82) is 0 Å². The third-order valence-corrected chi connectivity index (χ3v) is 4.55. The zero-order valence-corrected chi connectivity index (χ0v) is 15.7. The van der Waals surface area contributed by atoms with Crippen LogP contribution in [0.15, 0.2) is 48.5 Å². The molecule has 28 heavy (non-hydrogen) atoms. The average molecular weight is 381 g/mol. The summed E-state index contributed by atoms with van der Waals surface area (Å²) in [7, 11) is 1.27. The van der Waals surface area contributed by atoms with Crippen LogP contribution in [0.5, 0.6) is 0 Å². The molecule has 2 N–H and O–H groups in total. The Balaban J connectivity index is 1.55. The minimum Gasteiger partial charge on any atom is -0.465 e. The van der Waals surface area contributed by atoms with Gasteiger partial charge in [-0.2, -0.15) is 0 Å². The number of carbonyl (C=O) groups excluding carboxylic acids is 3. The summed E-state index contributed by atoms with van der Waals surface area (Å²) in [5, 5.41) is 5.30. The number of methoxy groups -OCH3 is 1. The Labute approximate surface area is 163 Å². The molecule has 1 aliphatic rings. The van der Waals surface area contributed by atoms with Crippen molar-refractivity contribution in [1.82, 2.24) is 0 Å². The molecule has 2 amide bonds. The van der Waals surface area contributed by atoms with E-state index in [4.69, 9.17) is 4.74 Å². The van der Waals surface area contributed by atoms with Gasteiger partial charge in [-0.1, -0.05) is 12.1 Å². The standard InChI is InChI=1S/C21H23N3O4/c1-28-21(27)17-6-2-3-7-18(17)23-20(26)14-19(25)22-15-8-10-16(11-9-15)24-12-4-5-13-24/h2-3,6-11H,4-5,12-14H2,1H3,(H,22,25)(H,23,26). The van der Waals surface area contributed by atoms with Crippen LogP contribution in [0.3, 0.4) is 0 Å². The average Bonchev–Trinajstić information content (AvgIpc) is 3.23. The third kappa shape index (κ3) is 4.88. The highest BCUT2D eigenvalue weighted by Gasteiger charge is 2.16. The van der Waals surface area contributed by atoms with E-state index in [-0.39, 0.29) is 12.0 Å². The minimum absolute atomic E-state index is 0.233. The summed E-state index contributed by atoms with van der Waals surface area (Å²) in [5.74, 6) is -1.50. The molecule has 2 aromatic rings. The predicted molar refractivity (Wildman–Crippen MR) is 108 cm³/mol. The fraction of sp³-hybridized carbons (Fsp3) is 0.286. The first-order chi connectivity index (χ1) is 13.6. The predicted octanol–water partition coefficient (Wildman–Crippen LogP) is 3.04. The number of carbonyl (C=O) groups is 3. The Morgan fingerprint density at radius 3 is 2.25 bits per heavy atom. The highest BCUT2D eigenvalue weighted by atomic mass is 16.5. The number of benzene rings is 2. The largest absolute Gasteiger partial charge is 0.465 e. The molecule has 0 unspecified atom stereocenters. The number of hydrogen-bond donors (Lipinski definition) is 2. The number of anilines is 3. The van der Waals surface area contributed by atoms with Gasteiger partial charge in [0.05, 0.1) is 18.4 Å². The van der Waals surface area contributed by atoms with Crippen molar-refractivity contribution in [2.45, 2.75) is 19.3 Å². The molecule has 0 bridgehead atoms. The summed E-state index contributed by atoms with van der Waals surface area (Å²) in [6.45, 7) is 2.11. The molecule has 7 nitrogen and oxygen atoms in total. The molecule has 0 saturated carbocycles. The van der Waals surface area contributed by atoms with Gasteiger partial charge in [0.2, 0.25) is 11.8 Å². The highest BCUT2D eigenvalue weighted by molar-refractivity contribution is 6.10. The number of nitrogens with zero attached hydrogens (tertiary/aromatic N) is 1. The van der Waals surface area contributed by atoms with E-state index >= 15 is 0 Å².